The third kappa shape index (κ3) is 2.65. The molecule has 1 N–H and O–H groups in total. The number of hydrogen-bond acceptors (Lipinski definition) is 2. The van der Waals surface area contributed by atoms with Crippen LogP contribution < -0.4 is 5.32 Å². The van der Waals surface area contributed by atoms with E-state index in [0.717, 1.165) is 11.3 Å². The largest absolute Gasteiger partial charge is 0.380 e. The number of benzene rings is 1. The highest BCUT2D eigenvalue weighted by molar-refractivity contribution is 6.33. The van der Waals surface area contributed by atoms with Gasteiger partial charge in [-0.2, -0.15) is 0 Å². The third-order valence-electron chi connectivity index (χ3n) is 2.20. The molecule has 0 amide bonds. The van der Waals surface area contributed by atoms with Crippen molar-refractivity contribution in [1.82, 2.24) is 4.98 Å². The first-order valence-electron chi connectivity index (χ1n) is 4.84. The van der Waals surface area contributed by atoms with Gasteiger partial charge in [0.15, 0.2) is 0 Å². The molecule has 0 unspecified atom stereocenters. The van der Waals surface area contributed by atoms with E-state index in [4.69, 9.17) is 23.2 Å². The van der Waals surface area contributed by atoms with Crippen molar-refractivity contribution in [2.24, 2.45) is 0 Å². The number of nitrogens with zero attached hydrogens (tertiary/aromatic N) is 1. The fourth-order valence-corrected chi connectivity index (χ4v) is 1.73. The number of para-hydroxylation sites is 1. The van der Waals surface area contributed by atoms with E-state index in [1.165, 1.54) is 0 Å². The minimum atomic E-state index is 0.630. The maximum Gasteiger partial charge on any atom is 0.0639 e. The van der Waals surface area contributed by atoms with E-state index < -0.39 is 0 Å². The molecule has 2 aromatic rings. The minimum absolute atomic E-state index is 0.630. The Bertz CT molecular complexity index is 440. The molecule has 1 aromatic heterocycles. The van der Waals surface area contributed by atoms with Crippen LogP contribution in [0.1, 0.15) is 5.56 Å². The molecule has 16 heavy (non-hydrogen) atoms. The van der Waals surface area contributed by atoms with Crippen LogP contribution >= 0.6 is 23.2 Å². The van der Waals surface area contributed by atoms with Crippen molar-refractivity contribution in [3.05, 3.63) is 58.3 Å². The van der Waals surface area contributed by atoms with Crippen molar-refractivity contribution >= 4 is 28.9 Å². The van der Waals surface area contributed by atoms with Crippen LogP contribution in [0, 0.1) is 0 Å². The van der Waals surface area contributed by atoms with Gasteiger partial charge in [0.05, 0.1) is 15.7 Å². The predicted molar refractivity (Wildman–Crippen MR) is 68.0 cm³/mol. The summed E-state index contributed by atoms with van der Waals surface area (Å²) in [7, 11) is 0. The van der Waals surface area contributed by atoms with Crippen molar-refractivity contribution in [3.8, 4) is 0 Å². The highest BCUT2D eigenvalue weighted by atomic mass is 35.5. The second kappa shape index (κ2) is 5.19. The van der Waals surface area contributed by atoms with Crippen LogP contribution in [0.3, 0.4) is 0 Å². The van der Waals surface area contributed by atoms with Crippen LogP contribution in [-0.4, -0.2) is 4.98 Å². The van der Waals surface area contributed by atoms with E-state index in [1.54, 1.807) is 12.4 Å². The first kappa shape index (κ1) is 11.2. The van der Waals surface area contributed by atoms with Gasteiger partial charge in [-0.15, -0.1) is 0 Å². The summed E-state index contributed by atoms with van der Waals surface area (Å²) < 4.78 is 0. The second-order valence-corrected chi connectivity index (χ2v) is 4.11. The second-order valence-electron chi connectivity index (χ2n) is 3.30. The van der Waals surface area contributed by atoms with E-state index in [-0.39, 0.29) is 0 Å². The summed E-state index contributed by atoms with van der Waals surface area (Å²) in [6, 6.07) is 9.48. The van der Waals surface area contributed by atoms with E-state index in [0.29, 0.717) is 16.6 Å². The molecule has 4 heteroatoms. The normalized spacial score (nSPS) is 10.1. The van der Waals surface area contributed by atoms with Crippen LogP contribution in [-0.2, 0) is 6.54 Å². The molecule has 0 bridgehead atoms. The van der Waals surface area contributed by atoms with Crippen molar-refractivity contribution in [2.75, 3.05) is 5.32 Å². The summed E-state index contributed by atoms with van der Waals surface area (Å²) in [6.07, 6.45) is 3.35. The maximum atomic E-state index is 6.02. The first-order chi connectivity index (χ1) is 7.77. The Balaban J connectivity index is 2.09. The van der Waals surface area contributed by atoms with E-state index in [1.807, 2.05) is 30.3 Å². The highest BCUT2D eigenvalue weighted by Crippen LogP contribution is 2.22. The molecule has 82 valence electrons. The van der Waals surface area contributed by atoms with Crippen molar-refractivity contribution in [2.45, 2.75) is 6.54 Å². The molecule has 0 aliphatic rings. The van der Waals surface area contributed by atoms with E-state index in [2.05, 4.69) is 10.3 Å². The van der Waals surface area contributed by atoms with Gasteiger partial charge in [-0.3, -0.25) is 4.98 Å². The zero-order valence-electron chi connectivity index (χ0n) is 8.45. The lowest BCUT2D eigenvalue weighted by molar-refractivity contribution is 1.13. The van der Waals surface area contributed by atoms with Gasteiger partial charge in [-0.25, -0.2) is 0 Å². The van der Waals surface area contributed by atoms with Gasteiger partial charge in [-0.05, 0) is 23.8 Å². The fourth-order valence-electron chi connectivity index (χ4n) is 1.34. The molecule has 0 fully saturated rings. The van der Waals surface area contributed by atoms with Gasteiger partial charge < -0.3 is 5.32 Å². The average Bonchev–Trinajstić information content (AvgIpc) is 2.30. The van der Waals surface area contributed by atoms with Crippen LogP contribution in [0.4, 0.5) is 5.69 Å². The molecule has 1 heterocycles. The lowest BCUT2D eigenvalue weighted by atomic mass is 10.2. The topological polar surface area (TPSA) is 24.9 Å². The van der Waals surface area contributed by atoms with Crippen molar-refractivity contribution in [1.29, 1.82) is 0 Å². The molecule has 2 rings (SSSR count). The summed E-state index contributed by atoms with van der Waals surface area (Å²) in [5.74, 6) is 0. The lowest BCUT2D eigenvalue weighted by Gasteiger charge is -2.08. The molecule has 0 aliphatic carbocycles. The number of halogens is 2. The van der Waals surface area contributed by atoms with Gasteiger partial charge in [-0.1, -0.05) is 35.3 Å². The van der Waals surface area contributed by atoms with Crippen LogP contribution in [0.2, 0.25) is 10.0 Å². The Labute approximate surface area is 104 Å². The molecule has 0 aliphatic heterocycles. The zero-order chi connectivity index (χ0) is 11.4. The predicted octanol–water partition coefficient (Wildman–Crippen LogP) is 4.00. The van der Waals surface area contributed by atoms with Crippen LogP contribution in [0.5, 0.6) is 0 Å². The smallest absolute Gasteiger partial charge is 0.0639 e. The Morgan fingerprint density at radius 1 is 1.06 bits per heavy atom. The number of nitrogens with one attached hydrogen (secondary N) is 1. The number of rotatable bonds is 3. The first-order valence-corrected chi connectivity index (χ1v) is 5.60. The van der Waals surface area contributed by atoms with E-state index >= 15 is 0 Å². The Kier molecular flexibility index (Phi) is 3.65. The average molecular weight is 253 g/mol. The minimum Gasteiger partial charge on any atom is -0.380 e. The quantitative estimate of drug-likeness (QED) is 0.894. The van der Waals surface area contributed by atoms with Gasteiger partial charge in [0, 0.05) is 18.9 Å². The van der Waals surface area contributed by atoms with Gasteiger partial charge in [0.1, 0.15) is 0 Å². The Hall–Kier alpha value is -1.25. The molecule has 0 spiro atoms. The summed E-state index contributed by atoms with van der Waals surface area (Å²) >= 11 is 12.0. The molecule has 0 saturated heterocycles. The monoisotopic (exact) mass is 252 g/mol. The molecule has 2 nitrogen and oxygen atoms in total. The van der Waals surface area contributed by atoms with Gasteiger partial charge >= 0.3 is 0 Å². The molecule has 1 aromatic carbocycles. The van der Waals surface area contributed by atoms with Gasteiger partial charge in [0.25, 0.3) is 0 Å². The molecule has 0 radical (unpaired) electrons. The molecular formula is C12H10Cl2N2. The lowest BCUT2D eigenvalue weighted by Crippen LogP contribution is -2.00. The standard InChI is InChI=1S/C12H10Cl2N2/c13-10-3-1-2-4-12(10)16-7-9-5-6-15-8-11(9)14/h1-6,8,16H,7H2. The van der Waals surface area contributed by atoms with Crippen LogP contribution in [0.15, 0.2) is 42.7 Å². The number of pyridine rings is 1. The van der Waals surface area contributed by atoms with Gasteiger partial charge in [0.2, 0.25) is 0 Å². The zero-order valence-corrected chi connectivity index (χ0v) is 9.96. The summed E-state index contributed by atoms with van der Waals surface area (Å²) in [5.41, 5.74) is 1.90. The molecular weight excluding hydrogens is 243 g/mol. The molecule has 0 saturated carbocycles. The maximum absolute atomic E-state index is 6.02. The number of aromatic nitrogens is 1. The summed E-state index contributed by atoms with van der Waals surface area (Å²) in [4.78, 5) is 3.93. The molecule has 0 atom stereocenters. The highest BCUT2D eigenvalue weighted by Gasteiger charge is 2.01. The van der Waals surface area contributed by atoms with E-state index in [9.17, 15) is 0 Å². The van der Waals surface area contributed by atoms with Crippen LogP contribution in [0.25, 0.3) is 0 Å². The number of hydrogen-bond donors (Lipinski definition) is 1. The Morgan fingerprint density at radius 2 is 1.88 bits per heavy atom. The summed E-state index contributed by atoms with van der Waals surface area (Å²) in [6.45, 7) is 0.630. The van der Waals surface area contributed by atoms with Crippen molar-refractivity contribution < 1.29 is 0 Å². The Morgan fingerprint density at radius 3 is 2.62 bits per heavy atom. The third-order valence-corrected chi connectivity index (χ3v) is 2.87. The SMILES string of the molecule is Clc1cnccc1CNc1ccccc1Cl. The van der Waals surface area contributed by atoms with Crippen molar-refractivity contribution in [3.63, 3.8) is 0 Å². The number of anilines is 1. The fraction of sp³-hybridized carbons (Fsp3) is 0.0833. The summed E-state index contributed by atoms with van der Waals surface area (Å²) in [5, 5.41) is 4.58.